The third kappa shape index (κ3) is 4.10. The number of esters is 1. The van der Waals surface area contributed by atoms with E-state index in [0.717, 1.165) is 7.11 Å². The fourth-order valence-electron chi connectivity index (χ4n) is 5.12. The minimum absolute atomic E-state index is 0.0858. The Labute approximate surface area is 211 Å². The molecule has 0 aromatic heterocycles. The van der Waals surface area contributed by atoms with Gasteiger partial charge in [0.15, 0.2) is 11.6 Å². The van der Waals surface area contributed by atoms with Crippen molar-refractivity contribution in [1.29, 1.82) is 0 Å². The summed E-state index contributed by atoms with van der Waals surface area (Å²) in [5.41, 5.74) is -1.90. The molecule has 2 aliphatic rings. The molecule has 4 rings (SSSR count). The van der Waals surface area contributed by atoms with Crippen LogP contribution in [-0.4, -0.2) is 35.8 Å². The molecule has 0 saturated heterocycles. The topological polar surface area (TPSA) is 66.8 Å². The molecule has 1 fully saturated rings. The SMILES string of the molecule is COC(=O)C1(N(C(=O)C(F)(F)F)c2cccc(Cl)c2)CCC2(CC1)C(Br)=Cc1cc(F)c(O)cc12. The number of amides is 1. The lowest BCUT2D eigenvalue weighted by atomic mass is 9.64. The van der Waals surface area contributed by atoms with E-state index in [1.54, 1.807) is 6.08 Å². The smallest absolute Gasteiger partial charge is 0.471 e. The van der Waals surface area contributed by atoms with Gasteiger partial charge in [0.1, 0.15) is 5.54 Å². The van der Waals surface area contributed by atoms with Crippen molar-refractivity contribution in [2.45, 2.75) is 42.8 Å². The van der Waals surface area contributed by atoms with Crippen molar-refractivity contribution in [2.75, 3.05) is 12.0 Å². The van der Waals surface area contributed by atoms with Crippen LogP contribution in [0.3, 0.4) is 0 Å². The highest BCUT2D eigenvalue weighted by Crippen LogP contribution is 2.57. The van der Waals surface area contributed by atoms with Crippen LogP contribution in [-0.2, 0) is 19.7 Å². The van der Waals surface area contributed by atoms with E-state index in [4.69, 9.17) is 16.3 Å². The summed E-state index contributed by atoms with van der Waals surface area (Å²) in [6, 6.07) is 7.73. The van der Waals surface area contributed by atoms with Crippen LogP contribution < -0.4 is 4.90 Å². The second-order valence-electron chi connectivity index (χ2n) is 8.61. The van der Waals surface area contributed by atoms with Gasteiger partial charge in [-0.05, 0) is 73.2 Å². The van der Waals surface area contributed by atoms with Gasteiger partial charge in [0.25, 0.3) is 0 Å². The van der Waals surface area contributed by atoms with Crippen molar-refractivity contribution in [1.82, 2.24) is 0 Å². The van der Waals surface area contributed by atoms with Gasteiger partial charge in [0.05, 0.1) is 7.11 Å². The van der Waals surface area contributed by atoms with Crippen LogP contribution >= 0.6 is 27.5 Å². The van der Waals surface area contributed by atoms with Gasteiger partial charge in [-0.2, -0.15) is 13.2 Å². The van der Waals surface area contributed by atoms with Gasteiger partial charge in [-0.15, -0.1) is 0 Å². The number of ether oxygens (including phenoxy) is 1. The van der Waals surface area contributed by atoms with Crippen molar-refractivity contribution in [3.05, 3.63) is 62.8 Å². The van der Waals surface area contributed by atoms with Gasteiger partial charge in [-0.3, -0.25) is 9.69 Å². The number of allylic oxidation sites excluding steroid dienone is 1. The second kappa shape index (κ2) is 8.81. The van der Waals surface area contributed by atoms with Gasteiger partial charge in [-0.25, -0.2) is 9.18 Å². The fourth-order valence-corrected chi connectivity index (χ4v) is 6.16. The number of phenolic OH excluding ortho intramolecular Hbond substituents is 1. The van der Waals surface area contributed by atoms with Crippen molar-refractivity contribution >= 4 is 51.2 Å². The lowest BCUT2D eigenvalue weighted by Crippen LogP contribution is -2.63. The lowest BCUT2D eigenvalue weighted by Gasteiger charge is -2.49. The molecule has 11 heteroatoms. The first-order valence-electron chi connectivity index (χ1n) is 10.5. The zero-order valence-corrected chi connectivity index (χ0v) is 20.6. The van der Waals surface area contributed by atoms with E-state index in [2.05, 4.69) is 15.9 Å². The average molecular weight is 577 g/mol. The summed E-state index contributed by atoms with van der Waals surface area (Å²) in [7, 11) is 1.05. The third-order valence-electron chi connectivity index (χ3n) is 6.81. The number of carbonyl (C=O) groups is 2. The van der Waals surface area contributed by atoms with E-state index in [1.165, 1.54) is 36.4 Å². The molecule has 0 radical (unpaired) electrons. The fraction of sp³-hybridized carbons (Fsp3) is 0.333. The summed E-state index contributed by atoms with van der Waals surface area (Å²) in [6.07, 6.45) is -3.77. The predicted molar refractivity (Wildman–Crippen MR) is 125 cm³/mol. The molecule has 5 nitrogen and oxygen atoms in total. The quantitative estimate of drug-likeness (QED) is 0.346. The normalized spacial score (nSPS) is 23.6. The van der Waals surface area contributed by atoms with Gasteiger partial charge in [0.2, 0.25) is 0 Å². The average Bonchev–Trinajstić information content (AvgIpc) is 3.05. The number of benzene rings is 2. The Kier molecular flexibility index (Phi) is 6.42. The first-order chi connectivity index (χ1) is 16.4. The van der Waals surface area contributed by atoms with Gasteiger partial charge in [-0.1, -0.05) is 33.6 Å². The number of hydrogen-bond donors (Lipinski definition) is 1. The summed E-state index contributed by atoms with van der Waals surface area (Å²) in [5, 5.41) is 10.0. The third-order valence-corrected chi connectivity index (χ3v) is 8.03. The number of rotatable bonds is 3. The number of alkyl halides is 3. The number of hydrogen-bond acceptors (Lipinski definition) is 4. The Bertz CT molecular complexity index is 1240. The van der Waals surface area contributed by atoms with E-state index in [0.29, 0.717) is 20.5 Å². The molecular weight excluding hydrogens is 558 g/mol. The highest BCUT2D eigenvalue weighted by atomic mass is 79.9. The molecule has 0 unspecified atom stereocenters. The number of fused-ring (bicyclic) bond motifs is 2. The van der Waals surface area contributed by atoms with Crippen molar-refractivity contribution in [3.8, 4) is 5.75 Å². The molecule has 1 spiro atoms. The molecule has 2 aromatic rings. The first kappa shape index (κ1) is 25.5. The van der Waals surface area contributed by atoms with E-state index in [9.17, 15) is 32.3 Å². The van der Waals surface area contributed by atoms with E-state index in [1.807, 2.05) is 0 Å². The largest absolute Gasteiger partial charge is 0.505 e. The van der Waals surface area contributed by atoms with Gasteiger partial charge >= 0.3 is 18.1 Å². The molecule has 0 aliphatic heterocycles. The highest BCUT2D eigenvalue weighted by molar-refractivity contribution is 9.11. The monoisotopic (exact) mass is 575 g/mol. The molecule has 1 amide bonds. The van der Waals surface area contributed by atoms with Crippen molar-refractivity contribution in [2.24, 2.45) is 0 Å². The lowest BCUT2D eigenvalue weighted by molar-refractivity contribution is -0.174. The molecule has 0 bridgehead atoms. The van der Waals surface area contributed by atoms with Crippen LogP contribution in [0.1, 0.15) is 36.8 Å². The molecule has 0 heterocycles. The Balaban J connectivity index is 1.82. The zero-order valence-electron chi connectivity index (χ0n) is 18.3. The molecule has 1 N–H and O–H groups in total. The van der Waals surface area contributed by atoms with Crippen LogP contribution in [0.4, 0.5) is 23.2 Å². The molecule has 0 atom stereocenters. The Hall–Kier alpha value is -2.59. The Morgan fingerprint density at radius 2 is 1.80 bits per heavy atom. The van der Waals surface area contributed by atoms with E-state index < -0.39 is 40.6 Å². The minimum Gasteiger partial charge on any atom is -0.505 e. The number of phenols is 1. The van der Waals surface area contributed by atoms with E-state index >= 15 is 0 Å². The standard InChI is InChI=1S/C24H19BrClF4NO4/c1-35-21(34)23(31(20(33)24(28,29)30)15-4-2-3-14(26)11-15)7-5-22(6-8-23)16-12-18(32)17(27)9-13(16)10-19(22)25/h2-4,9-12,32H,5-8H2,1H3. The maximum atomic E-state index is 13.9. The Morgan fingerprint density at radius 1 is 1.14 bits per heavy atom. The number of halogens is 6. The number of nitrogens with zero attached hydrogens (tertiary/aromatic N) is 1. The highest BCUT2D eigenvalue weighted by Gasteiger charge is 2.59. The summed E-state index contributed by atoms with van der Waals surface area (Å²) in [5.74, 6) is -4.58. The van der Waals surface area contributed by atoms with Crippen LogP contribution in [0.15, 0.2) is 40.9 Å². The van der Waals surface area contributed by atoms with Crippen LogP contribution in [0, 0.1) is 5.82 Å². The van der Waals surface area contributed by atoms with Crippen LogP contribution in [0.5, 0.6) is 5.75 Å². The van der Waals surface area contributed by atoms with E-state index in [-0.39, 0.29) is 36.4 Å². The number of aromatic hydroxyl groups is 1. The summed E-state index contributed by atoms with van der Waals surface area (Å²) in [6.45, 7) is 0. The summed E-state index contributed by atoms with van der Waals surface area (Å²) >= 11 is 9.50. The summed E-state index contributed by atoms with van der Waals surface area (Å²) in [4.78, 5) is 26.3. The molecule has 2 aromatic carbocycles. The first-order valence-corrected chi connectivity index (χ1v) is 11.7. The predicted octanol–water partition coefficient (Wildman–Crippen LogP) is 6.25. The maximum absolute atomic E-state index is 13.9. The van der Waals surface area contributed by atoms with Crippen molar-refractivity contribution < 1.29 is 37.0 Å². The zero-order chi connectivity index (χ0) is 25.8. The number of carbonyl (C=O) groups excluding carboxylic acids is 2. The second-order valence-corrected chi connectivity index (χ2v) is 9.90. The number of methoxy groups -OCH3 is 1. The molecule has 35 heavy (non-hydrogen) atoms. The van der Waals surface area contributed by atoms with Gasteiger partial charge < -0.3 is 9.84 Å². The summed E-state index contributed by atoms with van der Waals surface area (Å²) < 4.78 is 60.8. The molecular formula is C24H19BrClF4NO4. The van der Waals surface area contributed by atoms with Crippen molar-refractivity contribution in [3.63, 3.8) is 0 Å². The number of anilines is 1. The Morgan fingerprint density at radius 3 is 2.37 bits per heavy atom. The van der Waals surface area contributed by atoms with Crippen LogP contribution in [0.25, 0.3) is 6.08 Å². The molecule has 1 saturated carbocycles. The van der Waals surface area contributed by atoms with Gasteiger partial charge in [0, 0.05) is 20.6 Å². The maximum Gasteiger partial charge on any atom is 0.471 e. The minimum atomic E-state index is -5.28. The molecule has 186 valence electrons. The molecule has 2 aliphatic carbocycles. The van der Waals surface area contributed by atoms with Crippen LogP contribution in [0.2, 0.25) is 5.02 Å².